The minimum atomic E-state index is -0.00884. The molecule has 1 aliphatic heterocycles. The predicted molar refractivity (Wildman–Crippen MR) is 70.1 cm³/mol. The molecule has 1 aromatic rings. The van der Waals surface area contributed by atoms with Gasteiger partial charge in [0.05, 0.1) is 4.88 Å². The van der Waals surface area contributed by atoms with Gasteiger partial charge in [-0.15, -0.1) is 23.7 Å². The van der Waals surface area contributed by atoms with Crippen LogP contribution in [0, 0.1) is 0 Å². The van der Waals surface area contributed by atoms with Crippen LogP contribution in [-0.4, -0.2) is 35.7 Å². The molecule has 1 saturated heterocycles. The SMILES string of the molecule is CC(=O)c1csc(C(=O)N2CC[C@@H](N)C2)c1.Cl. The largest absolute Gasteiger partial charge is 0.336 e. The summed E-state index contributed by atoms with van der Waals surface area (Å²) in [4.78, 5) is 25.5. The van der Waals surface area contributed by atoms with Crippen molar-refractivity contribution in [2.45, 2.75) is 19.4 Å². The van der Waals surface area contributed by atoms with E-state index < -0.39 is 0 Å². The van der Waals surface area contributed by atoms with E-state index in [0.29, 0.717) is 23.5 Å². The highest BCUT2D eigenvalue weighted by Gasteiger charge is 2.25. The zero-order valence-electron chi connectivity index (χ0n) is 9.51. The number of nitrogens with two attached hydrogens (primary N) is 1. The van der Waals surface area contributed by atoms with Crippen LogP contribution >= 0.6 is 23.7 Å². The van der Waals surface area contributed by atoms with Crippen LogP contribution in [0.2, 0.25) is 0 Å². The second-order valence-electron chi connectivity index (χ2n) is 4.06. The van der Waals surface area contributed by atoms with E-state index in [-0.39, 0.29) is 30.1 Å². The van der Waals surface area contributed by atoms with Crippen molar-refractivity contribution in [2.24, 2.45) is 5.73 Å². The average Bonchev–Trinajstić information content (AvgIpc) is 2.84. The second-order valence-corrected chi connectivity index (χ2v) is 4.97. The Labute approximate surface area is 110 Å². The summed E-state index contributed by atoms with van der Waals surface area (Å²) < 4.78 is 0. The summed E-state index contributed by atoms with van der Waals surface area (Å²) in [6.07, 6.45) is 0.858. The maximum Gasteiger partial charge on any atom is 0.263 e. The maximum absolute atomic E-state index is 12.0. The molecule has 0 unspecified atom stereocenters. The van der Waals surface area contributed by atoms with Gasteiger partial charge in [0.15, 0.2) is 5.78 Å². The first-order valence-electron chi connectivity index (χ1n) is 5.22. The van der Waals surface area contributed by atoms with Crippen LogP contribution in [0.4, 0.5) is 0 Å². The van der Waals surface area contributed by atoms with E-state index in [0.717, 1.165) is 6.42 Å². The Bertz CT molecular complexity index is 433. The van der Waals surface area contributed by atoms with Gasteiger partial charge in [0.2, 0.25) is 0 Å². The highest BCUT2D eigenvalue weighted by atomic mass is 35.5. The van der Waals surface area contributed by atoms with Crippen molar-refractivity contribution in [3.05, 3.63) is 21.9 Å². The number of Topliss-reactive ketones (excluding diaryl/α,β-unsaturated/α-hetero) is 1. The third-order valence-corrected chi connectivity index (χ3v) is 3.65. The number of rotatable bonds is 2. The molecule has 0 saturated carbocycles. The molecule has 0 aliphatic carbocycles. The first-order valence-corrected chi connectivity index (χ1v) is 6.10. The van der Waals surface area contributed by atoms with Crippen LogP contribution in [0.25, 0.3) is 0 Å². The molecular weight excluding hydrogens is 260 g/mol. The number of amides is 1. The lowest BCUT2D eigenvalue weighted by atomic mass is 10.2. The maximum atomic E-state index is 12.0. The number of thiophene rings is 1. The monoisotopic (exact) mass is 274 g/mol. The van der Waals surface area contributed by atoms with Crippen molar-refractivity contribution in [1.82, 2.24) is 4.90 Å². The minimum absolute atomic E-state index is 0. The van der Waals surface area contributed by atoms with Gasteiger partial charge in [-0.05, 0) is 19.4 Å². The van der Waals surface area contributed by atoms with E-state index in [1.807, 2.05) is 0 Å². The van der Waals surface area contributed by atoms with Crippen LogP contribution in [0.5, 0.6) is 0 Å². The van der Waals surface area contributed by atoms with Gasteiger partial charge in [0, 0.05) is 30.1 Å². The highest BCUT2D eigenvalue weighted by Crippen LogP contribution is 2.19. The number of carbonyl (C=O) groups is 2. The molecule has 1 aliphatic rings. The Hall–Kier alpha value is -0.910. The van der Waals surface area contributed by atoms with Crippen molar-refractivity contribution >= 4 is 35.4 Å². The third kappa shape index (κ3) is 3.06. The number of nitrogens with zero attached hydrogens (tertiary/aromatic N) is 1. The second kappa shape index (κ2) is 5.62. The van der Waals surface area contributed by atoms with Gasteiger partial charge in [-0.25, -0.2) is 0 Å². The Morgan fingerprint density at radius 3 is 2.71 bits per heavy atom. The van der Waals surface area contributed by atoms with Gasteiger partial charge in [-0.2, -0.15) is 0 Å². The lowest BCUT2D eigenvalue weighted by Gasteiger charge is -2.13. The summed E-state index contributed by atoms with van der Waals surface area (Å²) in [6, 6.07) is 1.76. The van der Waals surface area contributed by atoms with Crippen LogP contribution < -0.4 is 5.73 Å². The molecular formula is C11H15ClN2O2S. The molecule has 17 heavy (non-hydrogen) atoms. The van der Waals surface area contributed by atoms with Gasteiger partial charge in [0.1, 0.15) is 0 Å². The molecule has 1 aromatic heterocycles. The molecule has 94 valence electrons. The molecule has 0 radical (unpaired) electrons. The van der Waals surface area contributed by atoms with E-state index in [1.54, 1.807) is 16.3 Å². The zero-order chi connectivity index (χ0) is 11.7. The van der Waals surface area contributed by atoms with E-state index in [2.05, 4.69) is 0 Å². The molecule has 2 N–H and O–H groups in total. The summed E-state index contributed by atoms with van der Waals surface area (Å²) in [5, 5.41) is 1.73. The third-order valence-electron chi connectivity index (χ3n) is 2.73. The van der Waals surface area contributed by atoms with E-state index in [4.69, 9.17) is 5.73 Å². The Morgan fingerprint density at radius 1 is 1.53 bits per heavy atom. The number of hydrogen-bond acceptors (Lipinski definition) is 4. The molecule has 1 atom stereocenters. The number of hydrogen-bond donors (Lipinski definition) is 1. The predicted octanol–water partition coefficient (Wildman–Crippen LogP) is 1.55. The number of likely N-dealkylation sites (tertiary alicyclic amines) is 1. The average molecular weight is 275 g/mol. The molecule has 0 aromatic carbocycles. The molecule has 2 rings (SSSR count). The van der Waals surface area contributed by atoms with E-state index >= 15 is 0 Å². The zero-order valence-corrected chi connectivity index (χ0v) is 11.1. The van der Waals surface area contributed by atoms with Crippen molar-refractivity contribution in [2.75, 3.05) is 13.1 Å². The number of ketones is 1. The Balaban J connectivity index is 0.00000144. The summed E-state index contributed by atoms with van der Waals surface area (Å²) in [7, 11) is 0. The smallest absolute Gasteiger partial charge is 0.263 e. The quantitative estimate of drug-likeness (QED) is 0.832. The van der Waals surface area contributed by atoms with E-state index in [9.17, 15) is 9.59 Å². The van der Waals surface area contributed by atoms with Crippen molar-refractivity contribution in [1.29, 1.82) is 0 Å². The topological polar surface area (TPSA) is 63.4 Å². The van der Waals surface area contributed by atoms with E-state index in [1.165, 1.54) is 18.3 Å². The minimum Gasteiger partial charge on any atom is -0.336 e. The summed E-state index contributed by atoms with van der Waals surface area (Å²) in [5.41, 5.74) is 6.36. The van der Waals surface area contributed by atoms with Gasteiger partial charge in [0.25, 0.3) is 5.91 Å². The van der Waals surface area contributed by atoms with Gasteiger partial charge < -0.3 is 10.6 Å². The van der Waals surface area contributed by atoms with Gasteiger partial charge in [-0.3, -0.25) is 9.59 Å². The lowest BCUT2D eigenvalue weighted by molar-refractivity contribution is 0.0795. The van der Waals surface area contributed by atoms with Crippen molar-refractivity contribution in [3.63, 3.8) is 0 Å². The molecule has 1 amide bonds. The van der Waals surface area contributed by atoms with Crippen LogP contribution in [-0.2, 0) is 0 Å². The summed E-state index contributed by atoms with van der Waals surface area (Å²) >= 11 is 1.32. The fraction of sp³-hybridized carbons (Fsp3) is 0.455. The first-order chi connectivity index (χ1) is 7.58. The van der Waals surface area contributed by atoms with Gasteiger partial charge >= 0.3 is 0 Å². The summed E-state index contributed by atoms with van der Waals surface area (Å²) in [6.45, 7) is 2.83. The molecule has 4 nitrogen and oxygen atoms in total. The first kappa shape index (κ1) is 14.2. The van der Waals surface area contributed by atoms with Crippen molar-refractivity contribution < 1.29 is 9.59 Å². The summed E-state index contributed by atoms with van der Waals surface area (Å²) in [5.74, 6) is -0.0149. The normalized spacial score (nSPS) is 18.9. The lowest BCUT2D eigenvalue weighted by Crippen LogP contribution is -2.31. The number of halogens is 1. The fourth-order valence-electron chi connectivity index (χ4n) is 1.76. The fourth-order valence-corrected chi connectivity index (χ4v) is 2.67. The molecule has 0 bridgehead atoms. The Morgan fingerprint density at radius 2 is 2.24 bits per heavy atom. The van der Waals surface area contributed by atoms with Crippen LogP contribution in [0.3, 0.4) is 0 Å². The molecule has 6 heteroatoms. The van der Waals surface area contributed by atoms with Crippen LogP contribution in [0.15, 0.2) is 11.4 Å². The molecule has 0 spiro atoms. The highest BCUT2D eigenvalue weighted by molar-refractivity contribution is 7.12. The standard InChI is InChI=1S/C11H14N2O2S.ClH/c1-7(14)8-4-10(16-6-8)11(15)13-3-2-9(12)5-13;/h4,6,9H,2-3,5,12H2,1H3;1H/t9-;/m1./s1. The number of carbonyl (C=O) groups excluding carboxylic acids is 2. The van der Waals surface area contributed by atoms with Crippen LogP contribution in [0.1, 0.15) is 33.4 Å². The Kier molecular flexibility index (Phi) is 4.68. The van der Waals surface area contributed by atoms with Gasteiger partial charge in [-0.1, -0.05) is 0 Å². The van der Waals surface area contributed by atoms with Crippen molar-refractivity contribution in [3.8, 4) is 0 Å². The molecule has 1 fully saturated rings. The molecule has 2 heterocycles.